The molecule has 0 atom stereocenters. The number of methoxy groups -OCH3 is 1. The highest BCUT2D eigenvalue weighted by atomic mass is 16.5. The van der Waals surface area contributed by atoms with Crippen LogP contribution in [0.5, 0.6) is 5.75 Å². The summed E-state index contributed by atoms with van der Waals surface area (Å²) in [5, 5.41) is 0. The number of nitrogens with two attached hydrogens (primary N) is 1. The highest BCUT2D eigenvalue weighted by Crippen LogP contribution is 2.23. The molecule has 98 valence electrons. The van der Waals surface area contributed by atoms with Crippen molar-refractivity contribution in [3.8, 4) is 17.0 Å². The number of hydrazine groups is 1. The first-order chi connectivity index (χ1) is 9.15. The van der Waals surface area contributed by atoms with Crippen molar-refractivity contribution in [2.24, 2.45) is 5.84 Å². The van der Waals surface area contributed by atoms with Gasteiger partial charge in [0.15, 0.2) is 0 Å². The lowest BCUT2D eigenvalue weighted by atomic mass is 10.1. The minimum atomic E-state index is -0.345. The second-order valence-corrected chi connectivity index (χ2v) is 4.03. The maximum absolute atomic E-state index is 11.5. The van der Waals surface area contributed by atoms with E-state index < -0.39 is 0 Å². The summed E-state index contributed by atoms with van der Waals surface area (Å²) < 4.78 is 5.18. The first kappa shape index (κ1) is 13.0. The van der Waals surface area contributed by atoms with Gasteiger partial charge >= 0.3 is 0 Å². The van der Waals surface area contributed by atoms with Gasteiger partial charge in [-0.3, -0.25) is 15.2 Å². The predicted octanol–water partition coefficient (Wildman–Crippen LogP) is 1.67. The molecule has 0 aliphatic carbocycles. The van der Waals surface area contributed by atoms with Crippen molar-refractivity contribution in [3.05, 3.63) is 47.7 Å². The van der Waals surface area contributed by atoms with E-state index in [0.29, 0.717) is 11.3 Å². The molecule has 2 rings (SSSR count). The number of aryl methyl sites for hydroxylation is 1. The van der Waals surface area contributed by atoms with Gasteiger partial charge in [0.2, 0.25) is 0 Å². The van der Waals surface area contributed by atoms with E-state index in [0.717, 1.165) is 17.0 Å². The molecule has 1 heterocycles. The number of nitrogens with one attached hydrogen (secondary N) is 1. The Morgan fingerprint density at radius 2 is 2.11 bits per heavy atom. The summed E-state index contributed by atoms with van der Waals surface area (Å²) in [7, 11) is 1.62. The summed E-state index contributed by atoms with van der Waals surface area (Å²) in [5.41, 5.74) is 4.91. The smallest absolute Gasteiger partial charge is 0.267 e. The standard InChI is InChI=1S/C14H15N3O2/c1-9-12(14(18)17-15)6-7-13(16-9)10-4-3-5-11(8-10)19-2/h3-8H,15H2,1-2H3,(H,17,18). The van der Waals surface area contributed by atoms with Crippen LogP contribution in [-0.4, -0.2) is 18.0 Å². The Balaban J connectivity index is 2.41. The monoisotopic (exact) mass is 257 g/mol. The molecule has 0 radical (unpaired) electrons. The summed E-state index contributed by atoms with van der Waals surface area (Å²) in [6.07, 6.45) is 0. The number of aromatic nitrogens is 1. The molecule has 1 aromatic carbocycles. The van der Waals surface area contributed by atoms with Crippen LogP contribution in [0.1, 0.15) is 16.1 Å². The van der Waals surface area contributed by atoms with Gasteiger partial charge in [0.25, 0.3) is 5.91 Å². The largest absolute Gasteiger partial charge is 0.497 e. The van der Waals surface area contributed by atoms with Crippen LogP contribution in [-0.2, 0) is 0 Å². The molecular weight excluding hydrogens is 242 g/mol. The number of hydrogen-bond acceptors (Lipinski definition) is 4. The molecule has 1 amide bonds. The molecule has 0 unspecified atom stereocenters. The fraction of sp³-hybridized carbons (Fsp3) is 0.143. The Morgan fingerprint density at radius 3 is 2.74 bits per heavy atom. The third-order valence-corrected chi connectivity index (χ3v) is 2.83. The van der Waals surface area contributed by atoms with E-state index in [9.17, 15) is 4.79 Å². The molecular formula is C14H15N3O2. The normalized spacial score (nSPS) is 10.1. The predicted molar refractivity (Wildman–Crippen MR) is 72.6 cm³/mol. The third-order valence-electron chi connectivity index (χ3n) is 2.83. The SMILES string of the molecule is COc1cccc(-c2ccc(C(=O)NN)c(C)n2)c1. The van der Waals surface area contributed by atoms with Crippen LogP contribution in [0.3, 0.4) is 0 Å². The zero-order valence-corrected chi connectivity index (χ0v) is 10.8. The van der Waals surface area contributed by atoms with Crippen molar-refractivity contribution in [2.75, 3.05) is 7.11 Å². The van der Waals surface area contributed by atoms with E-state index in [-0.39, 0.29) is 5.91 Å². The van der Waals surface area contributed by atoms with Crippen LogP contribution >= 0.6 is 0 Å². The molecule has 3 N–H and O–H groups in total. The minimum Gasteiger partial charge on any atom is -0.497 e. The fourth-order valence-electron chi connectivity index (χ4n) is 1.82. The number of carbonyl (C=O) groups is 1. The lowest BCUT2D eigenvalue weighted by molar-refractivity contribution is 0.0952. The van der Waals surface area contributed by atoms with Crippen LogP contribution < -0.4 is 16.0 Å². The van der Waals surface area contributed by atoms with Crippen LogP contribution in [0.4, 0.5) is 0 Å². The number of amides is 1. The van der Waals surface area contributed by atoms with E-state index in [1.54, 1.807) is 26.2 Å². The molecule has 0 spiro atoms. The third kappa shape index (κ3) is 2.71. The van der Waals surface area contributed by atoms with Crippen LogP contribution in [0, 0.1) is 6.92 Å². The van der Waals surface area contributed by atoms with E-state index in [1.807, 2.05) is 24.3 Å². The van der Waals surface area contributed by atoms with Crippen LogP contribution in [0.2, 0.25) is 0 Å². The van der Waals surface area contributed by atoms with Gasteiger partial charge in [0.1, 0.15) is 5.75 Å². The second kappa shape index (κ2) is 5.49. The number of pyridine rings is 1. The summed E-state index contributed by atoms with van der Waals surface area (Å²) in [4.78, 5) is 15.9. The number of hydrogen-bond donors (Lipinski definition) is 2. The number of benzene rings is 1. The van der Waals surface area contributed by atoms with Gasteiger partial charge in [-0.15, -0.1) is 0 Å². The molecule has 5 nitrogen and oxygen atoms in total. The van der Waals surface area contributed by atoms with E-state index in [4.69, 9.17) is 10.6 Å². The Labute approximate surface area is 111 Å². The molecule has 1 aromatic heterocycles. The number of nitrogens with zero attached hydrogens (tertiary/aromatic N) is 1. The number of ether oxygens (including phenoxy) is 1. The molecule has 19 heavy (non-hydrogen) atoms. The highest BCUT2D eigenvalue weighted by molar-refractivity contribution is 5.95. The zero-order chi connectivity index (χ0) is 13.8. The van der Waals surface area contributed by atoms with Crippen molar-refractivity contribution in [2.45, 2.75) is 6.92 Å². The van der Waals surface area contributed by atoms with Crippen molar-refractivity contribution in [3.63, 3.8) is 0 Å². The van der Waals surface area contributed by atoms with Gasteiger partial charge < -0.3 is 4.74 Å². The van der Waals surface area contributed by atoms with Crippen LogP contribution in [0.15, 0.2) is 36.4 Å². The second-order valence-electron chi connectivity index (χ2n) is 4.03. The number of carbonyl (C=O) groups excluding carboxylic acids is 1. The Hall–Kier alpha value is -2.40. The maximum Gasteiger partial charge on any atom is 0.267 e. The zero-order valence-electron chi connectivity index (χ0n) is 10.8. The number of nitrogen functional groups attached to an aromatic ring is 1. The van der Waals surface area contributed by atoms with E-state index in [1.165, 1.54) is 0 Å². The van der Waals surface area contributed by atoms with Gasteiger partial charge in [0.05, 0.1) is 24.1 Å². The molecule has 0 bridgehead atoms. The summed E-state index contributed by atoms with van der Waals surface area (Å²) in [6, 6.07) is 11.1. The highest BCUT2D eigenvalue weighted by Gasteiger charge is 2.10. The lowest BCUT2D eigenvalue weighted by Gasteiger charge is -2.08. The summed E-state index contributed by atoms with van der Waals surface area (Å²) >= 11 is 0. The molecule has 0 fully saturated rings. The quantitative estimate of drug-likeness (QED) is 0.498. The Kier molecular flexibility index (Phi) is 3.77. The van der Waals surface area contributed by atoms with Crippen molar-refractivity contribution in [1.82, 2.24) is 10.4 Å². The first-order valence-electron chi connectivity index (χ1n) is 5.78. The van der Waals surface area contributed by atoms with Crippen molar-refractivity contribution < 1.29 is 9.53 Å². The average molecular weight is 257 g/mol. The lowest BCUT2D eigenvalue weighted by Crippen LogP contribution is -2.30. The van der Waals surface area contributed by atoms with Gasteiger partial charge in [-0.1, -0.05) is 12.1 Å². The molecule has 0 saturated carbocycles. The molecule has 5 heteroatoms. The van der Waals surface area contributed by atoms with E-state index >= 15 is 0 Å². The van der Waals surface area contributed by atoms with Gasteiger partial charge in [-0.2, -0.15) is 0 Å². The van der Waals surface area contributed by atoms with Crippen LogP contribution in [0.25, 0.3) is 11.3 Å². The van der Waals surface area contributed by atoms with Gasteiger partial charge in [-0.25, -0.2) is 5.84 Å². The number of rotatable bonds is 3. The first-order valence-corrected chi connectivity index (χ1v) is 5.78. The Bertz CT molecular complexity index is 611. The Morgan fingerprint density at radius 1 is 1.32 bits per heavy atom. The summed E-state index contributed by atoms with van der Waals surface area (Å²) in [6.45, 7) is 1.77. The molecule has 0 aliphatic heterocycles. The van der Waals surface area contributed by atoms with Crippen molar-refractivity contribution >= 4 is 5.91 Å². The van der Waals surface area contributed by atoms with Gasteiger partial charge in [0, 0.05) is 5.56 Å². The van der Waals surface area contributed by atoms with Gasteiger partial charge in [-0.05, 0) is 31.2 Å². The topological polar surface area (TPSA) is 77.2 Å². The minimum absolute atomic E-state index is 0.345. The maximum atomic E-state index is 11.5. The molecule has 0 aliphatic rings. The van der Waals surface area contributed by atoms with E-state index in [2.05, 4.69) is 10.4 Å². The average Bonchev–Trinajstić information content (AvgIpc) is 2.46. The van der Waals surface area contributed by atoms with Crippen molar-refractivity contribution in [1.29, 1.82) is 0 Å². The molecule has 2 aromatic rings. The summed E-state index contributed by atoms with van der Waals surface area (Å²) in [5.74, 6) is 5.54. The molecule has 0 saturated heterocycles. The fourth-order valence-corrected chi connectivity index (χ4v) is 1.82.